The van der Waals surface area contributed by atoms with Gasteiger partial charge in [-0.05, 0) is 60.1 Å². The van der Waals surface area contributed by atoms with Crippen LogP contribution in [0.5, 0.6) is 0 Å². The summed E-state index contributed by atoms with van der Waals surface area (Å²) in [5.41, 5.74) is 3.31. The Balaban J connectivity index is 1.47. The van der Waals surface area contributed by atoms with Gasteiger partial charge in [0.05, 0.1) is 71.2 Å². The number of fused-ring (bicyclic) bond motifs is 5. The molecule has 9 heteroatoms. The summed E-state index contributed by atoms with van der Waals surface area (Å²) >= 11 is 0. The summed E-state index contributed by atoms with van der Waals surface area (Å²) in [6, 6.07) is 11.4. The van der Waals surface area contributed by atoms with E-state index >= 15 is 0 Å². The Kier molecular flexibility index (Phi) is 5.47. The highest BCUT2D eigenvalue weighted by Gasteiger charge is 2.65. The molecule has 2 bridgehead atoms. The van der Waals surface area contributed by atoms with Crippen LogP contribution in [0.1, 0.15) is 49.6 Å². The van der Waals surface area contributed by atoms with E-state index in [4.69, 9.17) is 4.98 Å². The van der Waals surface area contributed by atoms with Crippen LogP contribution in [0.2, 0.25) is 0 Å². The van der Waals surface area contributed by atoms with Crippen molar-refractivity contribution in [1.82, 2.24) is 24.7 Å². The first-order valence-electron chi connectivity index (χ1n) is 12.4. The predicted octanol–water partition coefficient (Wildman–Crippen LogP) is 4.24. The second kappa shape index (κ2) is 8.49. The summed E-state index contributed by atoms with van der Waals surface area (Å²) in [6.45, 7) is 4.25. The van der Waals surface area contributed by atoms with E-state index < -0.39 is 23.2 Å². The summed E-state index contributed by atoms with van der Waals surface area (Å²) in [5.74, 6) is -1.19. The van der Waals surface area contributed by atoms with Crippen molar-refractivity contribution in [2.24, 2.45) is 5.41 Å². The Hall–Kier alpha value is -3.56. The smallest absolute Gasteiger partial charge is 0.135 e. The maximum atomic E-state index is 14.5. The van der Waals surface area contributed by atoms with Crippen molar-refractivity contribution < 1.29 is 19.0 Å². The van der Waals surface area contributed by atoms with Gasteiger partial charge in [0, 0.05) is 0 Å². The molecule has 1 saturated carbocycles. The number of halogens is 2. The van der Waals surface area contributed by atoms with Crippen LogP contribution in [0.25, 0.3) is 22.6 Å². The van der Waals surface area contributed by atoms with Gasteiger partial charge in [-0.3, -0.25) is 4.98 Å². The minimum Gasteiger partial charge on any atom is -0.394 e. The van der Waals surface area contributed by atoms with Gasteiger partial charge in [-0.15, -0.1) is 5.10 Å². The molecular formula is C28H27F2N5O2. The summed E-state index contributed by atoms with van der Waals surface area (Å²) < 4.78 is 30.8. The Bertz CT molecular complexity index is 1480. The number of imidazole rings is 1. The van der Waals surface area contributed by atoms with Gasteiger partial charge < -0.3 is 14.8 Å². The second-order valence-corrected chi connectivity index (χ2v) is 10.5. The van der Waals surface area contributed by atoms with Crippen LogP contribution in [-0.4, -0.2) is 47.7 Å². The highest BCUT2D eigenvalue weighted by Crippen LogP contribution is 2.69. The van der Waals surface area contributed by atoms with Gasteiger partial charge in [0.1, 0.15) is 11.6 Å². The fourth-order valence-electron chi connectivity index (χ4n) is 6.54. The van der Waals surface area contributed by atoms with E-state index in [-0.39, 0.29) is 35.7 Å². The Morgan fingerprint density at radius 1 is 1.08 bits per heavy atom. The Morgan fingerprint density at radius 2 is 1.84 bits per heavy atom. The number of aliphatic hydroxyl groups excluding tert-OH is 2. The minimum absolute atomic E-state index is 0.141. The number of hydrogen-bond acceptors (Lipinski definition) is 6. The van der Waals surface area contributed by atoms with Crippen molar-refractivity contribution in [1.29, 1.82) is 0 Å². The fraction of sp³-hybridized carbons (Fsp3) is 0.357. The number of hydrogen-bond donors (Lipinski definition) is 2. The van der Waals surface area contributed by atoms with E-state index in [1.165, 1.54) is 18.2 Å². The predicted molar refractivity (Wildman–Crippen MR) is 132 cm³/mol. The molecule has 2 aliphatic carbocycles. The van der Waals surface area contributed by atoms with Gasteiger partial charge >= 0.3 is 0 Å². The molecule has 6 rings (SSSR count). The minimum atomic E-state index is -0.908. The standard InChI is InChI=1S/C28H27F2N5O2/c1-27(2)18-9-10-28(27,26-17(18)11-22(33-34-26)25-19(29)5-3-6-20(25)30)24-8-4-7-21(32-24)23-12-31-15-35(23)13-16(37)14-36/h3-8,11-12,15-16,18,36-37H,9-10,13-14H2,1-2H3/t16-,18-,28-/m0/s1. The van der Waals surface area contributed by atoms with E-state index in [0.717, 1.165) is 35.5 Å². The highest BCUT2D eigenvalue weighted by molar-refractivity contribution is 5.64. The van der Waals surface area contributed by atoms with Crippen LogP contribution in [-0.2, 0) is 12.0 Å². The lowest BCUT2D eigenvalue weighted by molar-refractivity contribution is 0.0815. The molecule has 0 aliphatic heterocycles. The van der Waals surface area contributed by atoms with Crippen molar-refractivity contribution in [2.75, 3.05) is 6.61 Å². The van der Waals surface area contributed by atoms with Crippen molar-refractivity contribution >= 4 is 0 Å². The maximum Gasteiger partial charge on any atom is 0.135 e. The summed E-state index contributed by atoms with van der Waals surface area (Å²) in [4.78, 5) is 9.29. The number of aromatic nitrogens is 5. The van der Waals surface area contributed by atoms with E-state index in [1.807, 2.05) is 18.2 Å². The molecule has 2 aliphatic rings. The number of pyridine rings is 1. The summed E-state index contributed by atoms with van der Waals surface area (Å²) in [5, 5.41) is 28.1. The topological polar surface area (TPSA) is 97.0 Å². The zero-order chi connectivity index (χ0) is 25.9. The summed E-state index contributed by atoms with van der Waals surface area (Å²) in [7, 11) is 0. The van der Waals surface area contributed by atoms with E-state index in [0.29, 0.717) is 5.69 Å². The average Bonchev–Trinajstić information content (AvgIpc) is 3.51. The molecule has 1 fully saturated rings. The lowest BCUT2D eigenvalue weighted by Crippen LogP contribution is -2.37. The van der Waals surface area contributed by atoms with E-state index in [1.54, 1.807) is 23.2 Å². The van der Waals surface area contributed by atoms with Crippen LogP contribution < -0.4 is 0 Å². The van der Waals surface area contributed by atoms with Gasteiger partial charge in [-0.2, -0.15) is 5.10 Å². The molecule has 0 amide bonds. The lowest BCUT2D eigenvalue weighted by atomic mass is 9.66. The van der Waals surface area contributed by atoms with E-state index in [2.05, 4.69) is 29.0 Å². The molecule has 2 N–H and O–H groups in total. The molecule has 1 aromatic carbocycles. The fourth-order valence-corrected chi connectivity index (χ4v) is 6.54. The highest BCUT2D eigenvalue weighted by atomic mass is 19.1. The molecule has 3 heterocycles. The first-order valence-corrected chi connectivity index (χ1v) is 12.4. The van der Waals surface area contributed by atoms with Crippen molar-refractivity contribution in [3.63, 3.8) is 0 Å². The van der Waals surface area contributed by atoms with Crippen LogP contribution in [0.3, 0.4) is 0 Å². The third kappa shape index (κ3) is 3.37. The molecule has 3 atom stereocenters. The number of nitrogens with zero attached hydrogens (tertiary/aromatic N) is 5. The molecule has 190 valence electrons. The first-order chi connectivity index (χ1) is 17.8. The zero-order valence-electron chi connectivity index (χ0n) is 20.6. The molecule has 0 unspecified atom stereocenters. The third-order valence-electron chi connectivity index (χ3n) is 8.38. The van der Waals surface area contributed by atoms with Crippen LogP contribution in [0, 0.1) is 17.0 Å². The SMILES string of the molecule is CC1(C)[C@H]2CC[C@]1(c1cccc(-c3cncn3C[C@H](O)CO)n1)c1nnc(-c3c(F)cccc3F)cc12. The van der Waals surface area contributed by atoms with Crippen LogP contribution in [0.4, 0.5) is 8.78 Å². The molecule has 3 aromatic heterocycles. The van der Waals surface area contributed by atoms with Crippen molar-refractivity contribution in [2.45, 2.75) is 50.7 Å². The van der Waals surface area contributed by atoms with Crippen LogP contribution >= 0.6 is 0 Å². The van der Waals surface area contributed by atoms with Crippen LogP contribution in [0.15, 0.2) is 55.0 Å². The van der Waals surface area contributed by atoms with Gasteiger partial charge in [0.15, 0.2) is 0 Å². The first kappa shape index (κ1) is 23.8. The van der Waals surface area contributed by atoms with Gasteiger partial charge in [0.25, 0.3) is 0 Å². The lowest BCUT2D eigenvalue weighted by Gasteiger charge is -2.37. The molecule has 7 nitrogen and oxygen atoms in total. The Morgan fingerprint density at radius 3 is 2.59 bits per heavy atom. The molecule has 0 spiro atoms. The summed E-state index contributed by atoms with van der Waals surface area (Å²) in [6.07, 6.45) is 4.12. The van der Waals surface area contributed by atoms with Crippen molar-refractivity contribution in [3.8, 4) is 22.6 Å². The zero-order valence-corrected chi connectivity index (χ0v) is 20.6. The quantitative estimate of drug-likeness (QED) is 0.409. The molecule has 0 radical (unpaired) electrons. The van der Waals surface area contributed by atoms with Gasteiger partial charge in [-0.1, -0.05) is 26.0 Å². The molecular weight excluding hydrogens is 476 g/mol. The second-order valence-electron chi connectivity index (χ2n) is 10.5. The Labute approximate surface area is 212 Å². The van der Waals surface area contributed by atoms with Gasteiger partial charge in [-0.25, -0.2) is 13.8 Å². The molecule has 37 heavy (non-hydrogen) atoms. The maximum absolute atomic E-state index is 14.5. The largest absolute Gasteiger partial charge is 0.394 e. The number of rotatable bonds is 6. The molecule has 0 saturated heterocycles. The van der Waals surface area contributed by atoms with Crippen molar-refractivity contribution in [3.05, 3.63) is 83.6 Å². The third-order valence-corrected chi connectivity index (χ3v) is 8.38. The average molecular weight is 504 g/mol. The number of benzene rings is 1. The van der Waals surface area contributed by atoms with Gasteiger partial charge in [0.2, 0.25) is 0 Å². The van der Waals surface area contributed by atoms with E-state index in [9.17, 15) is 19.0 Å². The molecule has 4 aromatic rings. The monoisotopic (exact) mass is 503 g/mol. The normalized spacial score (nSPS) is 22.3. The number of aliphatic hydroxyl groups is 2.